The molecule has 0 spiro atoms. The van der Waals surface area contributed by atoms with E-state index in [1.807, 2.05) is 12.1 Å². The zero-order valence-corrected chi connectivity index (χ0v) is 8.60. The molecule has 0 saturated heterocycles. The fourth-order valence-corrected chi connectivity index (χ4v) is 1.90. The van der Waals surface area contributed by atoms with Gasteiger partial charge in [-0.15, -0.1) is 11.3 Å². The second kappa shape index (κ2) is 3.38. The van der Waals surface area contributed by atoms with Gasteiger partial charge in [0.15, 0.2) is 0 Å². The molecule has 0 saturated carbocycles. The van der Waals surface area contributed by atoms with E-state index in [-0.39, 0.29) is 0 Å². The highest BCUT2D eigenvalue weighted by molar-refractivity contribution is 7.13. The van der Waals surface area contributed by atoms with Gasteiger partial charge in [0.2, 0.25) is 0 Å². The van der Waals surface area contributed by atoms with Gasteiger partial charge < -0.3 is 4.42 Å². The standard InChI is InChI=1S/C11H12OS/c1-8(2)9-5-6-10(12-9)11-4-3-7-13-11/h3-8H,1-2H3. The van der Waals surface area contributed by atoms with Crippen molar-refractivity contribution in [2.45, 2.75) is 19.8 Å². The maximum Gasteiger partial charge on any atom is 0.144 e. The summed E-state index contributed by atoms with van der Waals surface area (Å²) in [7, 11) is 0. The Kier molecular flexibility index (Phi) is 2.23. The van der Waals surface area contributed by atoms with Crippen LogP contribution in [0.1, 0.15) is 25.5 Å². The Hall–Kier alpha value is -1.02. The molecule has 0 atom stereocenters. The normalized spacial score (nSPS) is 11.0. The summed E-state index contributed by atoms with van der Waals surface area (Å²) in [6.07, 6.45) is 0. The van der Waals surface area contributed by atoms with Gasteiger partial charge in [-0.2, -0.15) is 0 Å². The number of hydrogen-bond donors (Lipinski definition) is 0. The van der Waals surface area contributed by atoms with E-state index in [4.69, 9.17) is 4.42 Å². The van der Waals surface area contributed by atoms with Crippen molar-refractivity contribution < 1.29 is 4.42 Å². The Morgan fingerprint density at radius 3 is 2.62 bits per heavy atom. The maximum atomic E-state index is 5.70. The highest BCUT2D eigenvalue weighted by Gasteiger charge is 2.07. The van der Waals surface area contributed by atoms with Crippen LogP contribution in [0.25, 0.3) is 10.6 Å². The highest BCUT2D eigenvalue weighted by atomic mass is 32.1. The van der Waals surface area contributed by atoms with E-state index < -0.39 is 0 Å². The summed E-state index contributed by atoms with van der Waals surface area (Å²) in [4.78, 5) is 1.20. The molecule has 0 aliphatic carbocycles. The molecule has 2 aromatic heterocycles. The molecule has 68 valence electrons. The highest BCUT2D eigenvalue weighted by Crippen LogP contribution is 2.28. The monoisotopic (exact) mass is 192 g/mol. The molecule has 0 amide bonds. The molecule has 2 rings (SSSR count). The van der Waals surface area contributed by atoms with Gasteiger partial charge in [0.05, 0.1) is 4.88 Å². The lowest BCUT2D eigenvalue weighted by molar-refractivity contribution is 0.499. The van der Waals surface area contributed by atoms with E-state index in [0.717, 1.165) is 11.5 Å². The maximum absolute atomic E-state index is 5.70. The van der Waals surface area contributed by atoms with Gasteiger partial charge in [0.1, 0.15) is 11.5 Å². The second-order valence-corrected chi connectivity index (χ2v) is 4.28. The lowest BCUT2D eigenvalue weighted by atomic mass is 10.2. The van der Waals surface area contributed by atoms with Crippen molar-refractivity contribution in [3.05, 3.63) is 35.4 Å². The first kappa shape index (κ1) is 8.57. The van der Waals surface area contributed by atoms with Crippen LogP contribution in [-0.4, -0.2) is 0 Å². The van der Waals surface area contributed by atoms with E-state index in [2.05, 4.69) is 31.4 Å². The molecule has 2 heteroatoms. The summed E-state index contributed by atoms with van der Waals surface area (Å²) >= 11 is 1.71. The molecule has 0 aromatic carbocycles. The molecule has 0 aliphatic rings. The van der Waals surface area contributed by atoms with Crippen molar-refractivity contribution in [1.29, 1.82) is 0 Å². The van der Waals surface area contributed by atoms with Gasteiger partial charge in [-0.1, -0.05) is 19.9 Å². The lowest BCUT2D eigenvalue weighted by Crippen LogP contribution is -1.80. The third kappa shape index (κ3) is 1.68. The first-order valence-electron chi connectivity index (χ1n) is 4.41. The van der Waals surface area contributed by atoms with E-state index in [9.17, 15) is 0 Å². The predicted molar refractivity (Wildman–Crippen MR) is 56.1 cm³/mol. The van der Waals surface area contributed by atoms with E-state index in [1.54, 1.807) is 11.3 Å². The Bertz CT molecular complexity index is 370. The fourth-order valence-electron chi connectivity index (χ4n) is 1.21. The van der Waals surface area contributed by atoms with Crippen molar-refractivity contribution in [2.24, 2.45) is 0 Å². The van der Waals surface area contributed by atoms with Crippen LogP contribution in [0.4, 0.5) is 0 Å². The van der Waals surface area contributed by atoms with Crippen LogP contribution in [0.5, 0.6) is 0 Å². The number of rotatable bonds is 2. The molecular formula is C11H12OS. The van der Waals surface area contributed by atoms with Gasteiger partial charge >= 0.3 is 0 Å². The summed E-state index contributed by atoms with van der Waals surface area (Å²) in [5.41, 5.74) is 0. The molecule has 0 bridgehead atoms. The lowest BCUT2D eigenvalue weighted by Gasteiger charge is -1.97. The quantitative estimate of drug-likeness (QED) is 0.697. The molecule has 1 nitrogen and oxygen atoms in total. The molecule has 2 heterocycles. The van der Waals surface area contributed by atoms with Gasteiger partial charge in [0, 0.05) is 5.92 Å². The van der Waals surface area contributed by atoms with Crippen molar-refractivity contribution in [1.82, 2.24) is 0 Å². The van der Waals surface area contributed by atoms with Gasteiger partial charge in [-0.25, -0.2) is 0 Å². The summed E-state index contributed by atoms with van der Waals surface area (Å²) in [5, 5.41) is 2.06. The average molecular weight is 192 g/mol. The van der Waals surface area contributed by atoms with Crippen LogP contribution in [0, 0.1) is 0 Å². The molecule has 0 aliphatic heterocycles. The molecule has 0 N–H and O–H groups in total. The number of furan rings is 1. The minimum absolute atomic E-state index is 0.466. The Labute approximate surface area is 82.0 Å². The summed E-state index contributed by atoms with van der Waals surface area (Å²) < 4.78 is 5.70. The van der Waals surface area contributed by atoms with Crippen LogP contribution in [0.2, 0.25) is 0 Å². The Morgan fingerprint density at radius 1 is 1.23 bits per heavy atom. The van der Waals surface area contributed by atoms with E-state index in [0.29, 0.717) is 5.92 Å². The number of thiophene rings is 1. The average Bonchev–Trinajstić information content (AvgIpc) is 2.75. The Morgan fingerprint density at radius 2 is 2.08 bits per heavy atom. The van der Waals surface area contributed by atoms with Crippen LogP contribution in [-0.2, 0) is 0 Å². The van der Waals surface area contributed by atoms with Gasteiger partial charge in [0.25, 0.3) is 0 Å². The second-order valence-electron chi connectivity index (χ2n) is 3.33. The molecule has 2 aromatic rings. The van der Waals surface area contributed by atoms with E-state index >= 15 is 0 Å². The summed E-state index contributed by atoms with van der Waals surface area (Å²) in [6.45, 7) is 4.27. The summed E-state index contributed by atoms with van der Waals surface area (Å²) in [6, 6.07) is 8.21. The molecule has 0 unspecified atom stereocenters. The summed E-state index contributed by atoms with van der Waals surface area (Å²) in [5.74, 6) is 2.51. The molecule has 0 fully saturated rings. The van der Waals surface area contributed by atoms with Crippen LogP contribution >= 0.6 is 11.3 Å². The van der Waals surface area contributed by atoms with Crippen LogP contribution < -0.4 is 0 Å². The van der Waals surface area contributed by atoms with Crippen molar-refractivity contribution in [3.63, 3.8) is 0 Å². The van der Waals surface area contributed by atoms with Gasteiger partial charge in [-0.3, -0.25) is 0 Å². The van der Waals surface area contributed by atoms with Gasteiger partial charge in [-0.05, 0) is 23.6 Å². The fraction of sp³-hybridized carbons (Fsp3) is 0.273. The molecule has 0 radical (unpaired) electrons. The number of hydrogen-bond acceptors (Lipinski definition) is 2. The van der Waals surface area contributed by atoms with Crippen LogP contribution in [0.3, 0.4) is 0 Å². The van der Waals surface area contributed by atoms with Crippen LogP contribution in [0.15, 0.2) is 34.1 Å². The Balaban J connectivity index is 2.33. The third-order valence-electron chi connectivity index (χ3n) is 1.96. The smallest absolute Gasteiger partial charge is 0.144 e. The van der Waals surface area contributed by atoms with Crippen molar-refractivity contribution in [3.8, 4) is 10.6 Å². The zero-order chi connectivity index (χ0) is 9.26. The molecule has 13 heavy (non-hydrogen) atoms. The predicted octanol–water partition coefficient (Wildman–Crippen LogP) is 4.13. The minimum Gasteiger partial charge on any atom is -0.460 e. The zero-order valence-electron chi connectivity index (χ0n) is 7.78. The van der Waals surface area contributed by atoms with E-state index in [1.165, 1.54) is 4.88 Å². The largest absolute Gasteiger partial charge is 0.460 e. The first-order valence-corrected chi connectivity index (χ1v) is 5.29. The first-order chi connectivity index (χ1) is 6.27. The molecular weight excluding hydrogens is 180 g/mol. The topological polar surface area (TPSA) is 13.1 Å². The van der Waals surface area contributed by atoms with Crippen molar-refractivity contribution in [2.75, 3.05) is 0 Å². The third-order valence-corrected chi connectivity index (χ3v) is 2.84. The SMILES string of the molecule is CC(C)c1ccc(-c2cccs2)o1. The minimum atomic E-state index is 0.466. The van der Waals surface area contributed by atoms with Crippen molar-refractivity contribution >= 4 is 11.3 Å².